The Kier molecular flexibility index (Phi) is 10.8. The van der Waals surface area contributed by atoms with Crippen molar-refractivity contribution in [2.45, 2.75) is 39.8 Å². The van der Waals surface area contributed by atoms with Crippen molar-refractivity contribution in [3.8, 4) is 5.75 Å². The zero-order valence-corrected chi connectivity index (χ0v) is 18.2. The van der Waals surface area contributed by atoms with Gasteiger partial charge in [0.2, 0.25) is 0 Å². The quantitative estimate of drug-likeness (QED) is 0.255. The Balaban J connectivity index is 0.00000338. The van der Waals surface area contributed by atoms with E-state index in [2.05, 4.69) is 32.1 Å². The van der Waals surface area contributed by atoms with Crippen LogP contribution in [-0.2, 0) is 13.1 Å². The van der Waals surface area contributed by atoms with Gasteiger partial charge in [-0.25, -0.2) is 9.98 Å². The molecule has 0 aliphatic carbocycles. The Labute approximate surface area is 173 Å². The SMILES string of the molecule is CCNC(=NCc1ccc(OC)cc1)NCCCCn1ccnc1C.I. The molecule has 1 aromatic carbocycles. The average molecular weight is 471 g/mol. The summed E-state index contributed by atoms with van der Waals surface area (Å²) >= 11 is 0. The van der Waals surface area contributed by atoms with Crippen molar-refractivity contribution in [3.63, 3.8) is 0 Å². The van der Waals surface area contributed by atoms with E-state index in [0.717, 1.165) is 55.6 Å². The van der Waals surface area contributed by atoms with Crippen molar-refractivity contribution < 1.29 is 4.74 Å². The zero-order chi connectivity index (χ0) is 17.9. The monoisotopic (exact) mass is 471 g/mol. The average Bonchev–Trinajstić information content (AvgIpc) is 3.04. The van der Waals surface area contributed by atoms with Crippen LogP contribution in [0.25, 0.3) is 0 Å². The molecule has 0 spiro atoms. The van der Waals surface area contributed by atoms with Crippen LogP contribution in [0.3, 0.4) is 0 Å². The minimum atomic E-state index is 0. The van der Waals surface area contributed by atoms with Crippen LogP contribution >= 0.6 is 24.0 Å². The summed E-state index contributed by atoms with van der Waals surface area (Å²) in [6.07, 6.45) is 6.08. The standard InChI is InChI=1S/C19H29N5O.HI/c1-4-20-19(23-15-17-7-9-18(25-3)10-8-17)22-11-5-6-13-24-14-12-21-16(24)2;/h7-10,12,14H,4-6,11,13,15H2,1-3H3,(H2,20,22,23);1H. The molecule has 7 heteroatoms. The molecule has 0 fully saturated rings. The van der Waals surface area contributed by atoms with Crippen LogP contribution < -0.4 is 15.4 Å². The van der Waals surface area contributed by atoms with E-state index in [1.807, 2.05) is 43.6 Å². The van der Waals surface area contributed by atoms with Gasteiger partial charge in [0.15, 0.2) is 5.96 Å². The van der Waals surface area contributed by atoms with E-state index in [1.54, 1.807) is 7.11 Å². The van der Waals surface area contributed by atoms with Gasteiger partial charge in [0.05, 0.1) is 13.7 Å². The van der Waals surface area contributed by atoms with E-state index in [9.17, 15) is 0 Å². The predicted molar refractivity (Wildman–Crippen MR) is 117 cm³/mol. The summed E-state index contributed by atoms with van der Waals surface area (Å²) < 4.78 is 7.36. The molecule has 2 rings (SSSR count). The van der Waals surface area contributed by atoms with Gasteiger partial charge in [0, 0.05) is 32.0 Å². The van der Waals surface area contributed by atoms with E-state index in [-0.39, 0.29) is 24.0 Å². The molecule has 0 radical (unpaired) electrons. The van der Waals surface area contributed by atoms with Crippen molar-refractivity contribution in [1.29, 1.82) is 0 Å². The molecule has 0 unspecified atom stereocenters. The number of aromatic nitrogens is 2. The summed E-state index contributed by atoms with van der Waals surface area (Å²) in [6, 6.07) is 8.01. The van der Waals surface area contributed by atoms with Crippen molar-refractivity contribution in [1.82, 2.24) is 20.2 Å². The molecular weight excluding hydrogens is 441 g/mol. The summed E-state index contributed by atoms with van der Waals surface area (Å²) in [5.41, 5.74) is 1.16. The highest BCUT2D eigenvalue weighted by Crippen LogP contribution is 2.11. The molecule has 0 amide bonds. The zero-order valence-electron chi connectivity index (χ0n) is 15.9. The lowest BCUT2D eigenvalue weighted by Crippen LogP contribution is -2.37. The topological polar surface area (TPSA) is 63.5 Å². The normalized spacial score (nSPS) is 11.0. The molecular formula is C19H30IN5O. The number of methoxy groups -OCH3 is 1. The van der Waals surface area contributed by atoms with Gasteiger partial charge in [0.1, 0.15) is 11.6 Å². The van der Waals surface area contributed by atoms with Gasteiger partial charge in [0.25, 0.3) is 0 Å². The summed E-state index contributed by atoms with van der Waals surface area (Å²) in [5.74, 6) is 2.80. The first-order chi connectivity index (χ1) is 12.2. The lowest BCUT2D eigenvalue weighted by Gasteiger charge is -2.11. The van der Waals surface area contributed by atoms with E-state index in [1.165, 1.54) is 0 Å². The first kappa shape index (κ1) is 22.3. The number of benzene rings is 1. The second-order valence-corrected chi connectivity index (χ2v) is 5.84. The molecule has 0 saturated heterocycles. The van der Waals surface area contributed by atoms with Gasteiger partial charge >= 0.3 is 0 Å². The van der Waals surface area contributed by atoms with Crippen molar-refractivity contribution in [2.24, 2.45) is 4.99 Å². The van der Waals surface area contributed by atoms with Gasteiger partial charge in [-0.1, -0.05) is 12.1 Å². The Morgan fingerprint density at radius 3 is 2.58 bits per heavy atom. The van der Waals surface area contributed by atoms with Crippen molar-refractivity contribution >= 4 is 29.9 Å². The predicted octanol–water partition coefficient (Wildman–Crippen LogP) is 3.35. The molecule has 2 N–H and O–H groups in total. The second-order valence-electron chi connectivity index (χ2n) is 5.84. The summed E-state index contributed by atoms with van der Waals surface area (Å²) in [5, 5.41) is 6.69. The van der Waals surface area contributed by atoms with Crippen LogP contribution in [0.5, 0.6) is 5.75 Å². The van der Waals surface area contributed by atoms with Gasteiger partial charge in [-0.15, -0.1) is 24.0 Å². The number of rotatable bonds is 9. The number of hydrogen-bond donors (Lipinski definition) is 2. The molecule has 1 heterocycles. The molecule has 0 atom stereocenters. The van der Waals surface area contributed by atoms with Gasteiger partial charge in [-0.05, 0) is 44.4 Å². The fraction of sp³-hybridized carbons (Fsp3) is 0.474. The van der Waals surface area contributed by atoms with Crippen LogP contribution in [0.15, 0.2) is 41.7 Å². The number of aliphatic imine (C=N–C) groups is 1. The highest BCUT2D eigenvalue weighted by Gasteiger charge is 2.00. The van der Waals surface area contributed by atoms with Crippen molar-refractivity contribution in [3.05, 3.63) is 48.0 Å². The summed E-state index contributed by atoms with van der Waals surface area (Å²) in [6.45, 7) is 7.52. The van der Waals surface area contributed by atoms with Gasteiger partial charge in [-0.2, -0.15) is 0 Å². The maximum Gasteiger partial charge on any atom is 0.191 e. The molecule has 0 bridgehead atoms. The fourth-order valence-electron chi connectivity index (χ4n) is 2.50. The number of halogens is 1. The van der Waals surface area contributed by atoms with Crippen LogP contribution in [0.2, 0.25) is 0 Å². The largest absolute Gasteiger partial charge is 0.497 e. The number of ether oxygens (including phenoxy) is 1. The molecule has 6 nitrogen and oxygen atoms in total. The number of imidazole rings is 1. The number of guanidine groups is 1. The first-order valence-electron chi connectivity index (χ1n) is 8.85. The van der Waals surface area contributed by atoms with E-state index < -0.39 is 0 Å². The number of nitrogens with one attached hydrogen (secondary N) is 2. The van der Waals surface area contributed by atoms with E-state index in [0.29, 0.717) is 6.54 Å². The number of hydrogen-bond acceptors (Lipinski definition) is 3. The summed E-state index contributed by atoms with van der Waals surface area (Å²) in [4.78, 5) is 8.88. The van der Waals surface area contributed by atoms with Crippen LogP contribution in [0.1, 0.15) is 31.2 Å². The minimum Gasteiger partial charge on any atom is -0.497 e. The van der Waals surface area contributed by atoms with Gasteiger partial charge in [-0.3, -0.25) is 0 Å². The maximum absolute atomic E-state index is 5.18. The minimum absolute atomic E-state index is 0. The molecule has 1 aromatic heterocycles. The van der Waals surface area contributed by atoms with Crippen LogP contribution in [0, 0.1) is 6.92 Å². The smallest absolute Gasteiger partial charge is 0.191 e. The third-order valence-electron chi connectivity index (χ3n) is 3.96. The third kappa shape index (κ3) is 7.63. The number of nitrogens with zero attached hydrogens (tertiary/aromatic N) is 3. The van der Waals surface area contributed by atoms with E-state index >= 15 is 0 Å². The Morgan fingerprint density at radius 2 is 1.96 bits per heavy atom. The molecule has 144 valence electrons. The Morgan fingerprint density at radius 1 is 1.19 bits per heavy atom. The molecule has 2 aromatic rings. The Bertz CT molecular complexity index is 654. The molecule has 0 aliphatic rings. The van der Waals surface area contributed by atoms with Crippen LogP contribution in [-0.4, -0.2) is 35.7 Å². The fourth-order valence-corrected chi connectivity index (χ4v) is 2.50. The highest BCUT2D eigenvalue weighted by atomic mass is 127. The highest BCUT2D eigenvalue weighted by molar-refractivity contribution is 14.0. The first-order valence-corrected chi connectivity index (χ1v) is 8.85. The maximum atomic E-state index is 5.18. The third-order valence-corrected chi connectivity index (χ3v) is 3.96. The molecule has 0 aliphatic heterocycles. The Hall–Kier alpha value is -1.77. The van der Waals surface area contributed by atoms with E-state index in [4.69, 9.17) is 4.74 Å². The number of unbranched alkanes of at least 4 members (excludes halogenated alkanes) is 1. The summed E-state index contributed by atoms with van der Waals surface area (Å²) in [7, 11) is 1.68. The second kappa shape index (κ2) is 12.6. The lowest BCUT2D eigenvalue weighted by molar-refractivity contribution is 0.414. The van der Waals surface area contributed by atoms with Crippen molar-refractivity contribution in [2.75, 3.05) is 20.2 Å². The number of aryl methyl sites for hydroxylation is 2. The van der Waals surface area contributed by atoms with Gasteiger partial charge < -0.3 is 19.9 Å². The molecule has 26 heavy (non-hydrogen) atoms. The van der Waals surface area contributed by atoms with Crippen LogP contribution in [0.4, 0.5) is 0 Å². The lowest BCUT2D eigenvalue weighted by atomic mass is 10.2. The molecule has 0 saturated carbocycles.